The molecule has 63 heavy (non-hydrogen) atoms. The SMILES string of the molecule is c1ccc(-c2ccc(-c3nc(-c4ccc(-c5ccccc5)cc4)nc(-c4ccc(-c5ccccc5)cc4-n4c5ccccc5c5cc(C6CC7CCC6CC7)ccc54)n3)cc2)cc1. The predicted octanol–water partition coefficient (Wildman–Crippen LogP) is 15.3. The van der Waals surface area contributed by atoms with Crippen molar-refractivity contribution in [2.24, 2.45) is 11.8 Å². The van der Waals surface area contributed by atoms with Gasteiger partial charge in [0.15, 0.2) is 17.5 Å². The Morgan fingerprint density at radius 1 is 0.365 bits per heavy atom. The topological polar surface area (TPSA) is 43.6 Å². The highest BCUT2D eigenvalue weighted by atomic mass is 15.1. The summed E-state index contributed by atoms with van der Waals surface area (Å²) < 4.78 is 2.45. The Balaban J connectivity index is 1.06. The molecule has 2 aromatic heterocycles. The Bertz CT molecular complexity index is 3140. The van der Waals surface area contributed by atoms with Gasteiger partial charge in [0.25, 0.3) is 0 Å². The zero-order chi connectivity index (χ0) is 41.7. The fourth-order valence-corrected chi connectivity index (χ4v) is 10.6. The minimum Gasteiger partial charge on any atom is -0.308 e. The zero-order valence-electron chi connectivity index (χ0n) is 35.1. The van der Waals surface area contributed by atoms with E-state index in [1.807, 2.05) is 0 Å². The van der Waals surface area contributed by atoms with E-state index in [-0.39, 0.29) is 0 Å². The van der Waals surface area contributed by atoms with Crippen LogP contribution in [-0.2, 0) is 0 Å². The van der Waals surface area contributed by atoms with Gasteiger partial charge in [0, 0.05) is 27.5 Å². The van der Waals surface area contributed by atoms with Crippen LogP contribution in [0.25, 0.3) is 95.0 Å². The molecule has 3 aliphatic carbocycles. The summed E-state index contributed by atoms with van der Waals surface area (Å²) in [5.41, 5.74) is 14.6. The molecule has 0 aliphatic heterocycles. The van der Waals surface area contributed by atoms with Crippen molar-refractivity contribution in [2.75, 3.05) is 0 Å². The summed E-state index contributed by atoms with van der Waals surface area (Å²) in [7, 11) is 0. The minimum atomic E-state index is 0.629. The van der Waals surface area contributed by atoms with Crippen molar-refractivity contribution in [2.45, 2.75) is 38.0 Å². The summed E-state index contributed by atoms with van der Waals surface area (Å²) in [6.45, 7) is 0. The zero-order valence-corrected chi connectivity index (χ0v) is 35.1. The van der Waals surface area contributed by atoms with Crippen LogP contribution in [0, 0.1) is 11.8 Å². The second kappa shape index (κ2) is 15.8. The second-order valence-corrected chi connectivity index (χ2v) is 17.5. The third-order valence-electron chi connectivity index (χ3n) is 13.9. The molecule has 1 atom stereocenters. The number of hydrogen-bond donors (Lipinski definition) is 0. The number of fused-ring (bicyclic) bond motifs is 6. The van der Waals surface area contributed by atoms with E-state index in [1.165, 1.54) is 70.6 Å². The lowest BCUT2D eigenvalue weighted by molar-refractivity contribution is 0.145. The van der Waals surface area contributed by atoms with Gasteiger partial charge in [-0.15, -0.1) is 0 Å². The summed E-state index contributed by atoms with van der Waals surface area (Å²) in [5, 5.41) is 2.56. The van der Waals surface area contributed by atoms with Gasteiger partial charge in [0.05, 0.1) is 16.7 Å². The van der Waals surface area contributed by atoms with Crippen LogP contribution in [0.5, 0.6) is 0 Å². The first-order valence-corrected chi connectivity index (χ1v) is 22.5. The maximum absolute atomic E-state index is 5.36. The minimum absolute atomic E-state index is 0.629. The monoisotopic (exact) mass is 810 g/mol. The summed E-state index contributed by atoms with van der Waals surface area (Å²) >= 11 is 0. The normalized spacial score (nSPS) is 17.0. The molecule has 3 saturated carbocycles. The van der Waals surface area contributed by atoms with Gasteiger partial charge < -0.3 is 4.57 Å². The van der Waals surface area contributed by atoms with Gasteiger partial charge in [0.2, 0.25) is 0 Å². The van der Waals surface area contributed by atoms with Crippen molar-refractivity contribution in [1.29, 1.82) is 0 Å². The Kier molecular flexibility index (Phi) is 9.36. The van der Waals surface area contributed by atoms with Gasteiger partial charge in [-0.2, -0.15) is 0 Å². The lowest BCUT2D eigenvalue weighted by Gasteiger charge is -2.42. The molecule has 302 valence electrons. The molecule has 0 amide bonds. The first-order chi connectivity index (χ1) is 31.2. The number of rotatable bonds is 8. The van der Waals surface area contributed by atoms with Crippen LogP contribution in [0.3, 0.4) is 0 Å². The maximum atomic E-state index is 5.36. The third-order valence-corrected chi connectivity index (χ3v) is 13.9. The molecule has 0 radical (unpaired) electrons. The predicted molar refractivity (Wildman–Crippen MR) is 260 cm³/mol. The van der Waals surface area contributed by atoms with E-state index < -0.39 is 0 Å². The van der Waals surface area contributed by atoms with Crippen LogP contribution < -0.4 is 0 Å². The number of nitrogens with zero attached hydrogens (tertiary/aromatic N) is 4. The Hall–Kier alpha value is -7.43. The molecule has 1 unspecified atom stereocenters. The number of benzene rings is 8. The standard InChI is InChI=1S/C59H46N4/c1-4-12-40(13-5-1)43-24-28-46(29-25-43)57-60-58(47-30-26-44(27-31-47)41-14-6-2-7-15-41)62-59(61-57)51-34-32-48(42-16-8-3-9-17-42)38-56(51)63-54-19-11-10-18-50(54)53-37-49(33-35-55(53)63)52-36-39-20-22-45(52)23-21-39/h1-19,24-35,37-39,45,52H,20-23,36H2. The van der Waals surface area contributed by atoms with Crippen LogP contribution in [0.1, 0.15) is 43.6 Å². The fourth-order valence-electron chi connectivity index (χ4n) is 10.6. The van der Waals surface area contributed by atoms with Crippen molar-refractivity contribution in [3.8, 4) is 73.2 Å². The maximum Gasteiger partial charge on any atom is 0.166 e. The van der Waals surface area contributed by atoms with Gasteiger partial charge in [-0.05, 0) is 106 Å². The Morgan fingerprint density at radius 3 is 1.41 bits per heavy atom. The molecule has 10 aromatic rings. The molecule has 0 N–H and O–H groups in total. The Morgan fingerprint density at radius 2 is 0.841 bits per heavy atom. The van der Waals surface area contributed by atoms with Crippen molar-refractivity contribution in [3.63, 3.8) is 0 Å². The molecule has 2 bridgehead atoms. The van der Waals surface area contributed by atoms with E-state index in [4.69, 9.17) is 15.0 Å². The van der Waals surface area contributed by atoms with Crippen LogP contribution in [-0.4, -0.2) is 19.5 Å². The molecular weight excluding hydrogens is 765 g/mol. The van der Waals surface area contributed by atoms with Gasteiger partial charge in [-0.3, -0.25) is 0 Å². The van der Waals surface area contributed by atoms with Gasteiger partial charge in [-0.25, -0.2) is 15.0 Å². The number of hydrogen-bond acceptors (Lipinski definition) is 3. The summed E-state index contributed by atoms with van der Waals surface area (Å²) in [6, 6.07) is 71.8. The Labute approximate surface area is 368 Å². The van der Waals surface area contributed by atoms with Crippen molar-refractivity contribution in [1.82, 2.24) is 19.5 Å². The molecule has 0 spiro atoms. The molecule has 4 nitrogen and oxygen atoms in total. The van der Waals surface area contributed by atoms with E-state index in [9.17, 15) is 0 Å². The highest BCUT2D eigenvalue weighted by molar-refractivity contribution is 6.10. The van der Waals surface area contributed by atoms with E-state index in [0.29, 0.717) is 23.4 Å². The van der Waals surface area contributed by atoms with Crippen LogP contribution in [0.2, 0.25) is 0 Å². The first-order valence-electron chi connectivity index (χ1n) is 22.5. The highest BCUT2D eigenvalue weighted by Gasteiger charge is 2.36. The van der Waals surface area contributed by atoms with Gasteiger partial charge in [-0.1, -0.05) is 183 Å². The van der Waals surface area contributed by atoms with Crippen molar-refractivity contribution in [3.05, 3.63) is 206 Å². The number of para-hydroxylation sites is 1. The fraction of sp³-hybridized carbons (Fsp3) is 0.136. The molecule has 8 aromatic carbocycles. The highest BCUT2D eigenvalue weighted by Crippen LogP contribution is 2.50. The van der Waals surface area contributed by atoms with Crippen molar-refractivity contribution >= 4 is 21.8 Å². The van der Waals surface area contributed by atoms with E-state index in [1.54, 1.807) is 0 Å². The smallest absolute Gasteiger partial charge is 0.166 e. The van der Waals surface area contributed by atoms with E-state index >= 15 is 0 Å². The average Bonchev–Trinajstić information content (AvgIpc) is 3.71. The summed E-state index contributed by atoms with van der Waals surface area (Å²) in [4.78, 5) is 15.9. The van der Waals surface area contributed by atoms with Crippen molar-refractivity contribution < 1.29 is 0 Å². The molecule has 3 aliphatic rings. The quantitative estimate of drug-likeness (QED) is 0.154. The molecular formula is C59H46N4. The van der Waals surface area contributed by atoms with Gasteiger partial charge >= 0.3 is 0 Å². The molecule has 4 heteroatoms. The lowest BCUT2D eigenvalue weighted by atomic mass is 9.63. The number of aromatic nitrogens is 4. The second-order valence-electron chi connectivity index (χ2n) is 17.5. The van der Waals surface area contributed by atoms with Crippen LogP contribution >= 0.6 is 0 Å². The molecule has 0 saturated heterocycles. The van der Waals surface area contributed by atoms with Gasteiger partial charge in [0.1, 0.15) is 0 Å². The average molecular weight is 811 g/mol. The van der Waals surface area contributed by atoms with E-state index in [2.05, 4.69) is 205 Å². The largest absolute Gasteiger partial charge is 0.308 e. The van der Waals surface area contributed by atoms with E-state index in [0.717, 1.165) is 56.5 Å². The lowest BCUT2D eigenvalue weighted by Crippen LogP contribution is -2.29. The summed E-state index contributed by atoms with van der Waals surface area (Å²) in [6.07, 6.45) is 6.87. The van der Waals surface area contributed by atoms with Crippen LogP contribution in [0.15, 0.2) is 200 Å². The van der Waals surface area contributed by atoms with Crippen LogP contribution in [0.4, 0.5) is 0 Å². The molecule has 3 fully saturated rings. The first kappa shape index (κ1) is 37.3. The molecule has 2 heterocycles. The third kappa shape index (κ3) is 6.93. The molecule has 13 rings (SSSR count). The summed E-state index contributed by atoms with van der Waals surface area (Å²) in [5.74, 6) is 4.21.